The molecule has 0 bridgehead atoms. The Bertz CT molecular complexity index is 1100. The highest BCUT2D eigenvalue weighted by molar-refractivity contribution is 5.64. The van der Waals surface area contributed by atoms with Crippen molar-refractivity contribution >= 4 is 46.3 Å². The number of nitrogens with two attached hydrogens (primary N) is 2. The zero-order valence-electron chi connectivity index (χ0n) is 16.8. The first kappa shape index (κ1) is 19.8. The summed E-state index contributed by atoms with van der Waals surface area (Å²) in [7, 11) is 1.84. The molecule has 0 unspecified atom stereocenters. The molecule has 0 atom stereocenters. The molecule has 4 aromatic rings. The molecule has 0 fully saturated rings. The van der Waals surface area contributed by atoms with Gasteiger partial charge in [0.15, 0.2) is 0 Å². The van der Waals surface area contributed by atoms with Crippen molar-refractivity contribution in [2.24, 2.45) is 0 Å². The van der Waals surface area contributed by atoms with E-state index in [4.69, 9.17) is 11.5 Å². The third kappa shape index (κ3) is 4.91. The van der Waals surface area contributed by atoms with Gasteiger partial charge in [-0.05, 0) is 72.8 Å². The topological polar surface area (TPSA) is 138 Å². The van der Waals surface area contributed by atoms with Gasteiger partial charge in [-0.25, -0.2) is 0 Å². The minimum atomic E-state index is 0.184. The van der Waals surface area contributed by atoms with E-state index in [0.29, 0.717) is 29.2 Å². The van der Waals surface area contributed by atoms with E-state index in [0.717, 1.165) is 17.1 Å². The van der Waals surface area contributed by atoms with Gasteiger partial charge in [-0.2, -0.15) is 15.0 Å². The summed E-state index contributed by atoms with van der Waals surface area (Å²) in [5.41, 5.74) is 15.3. The monoisotopic (exact) mass is 414 g/mol. The first-order valence-corrected chi connectivity index (χ1v) is 9.50. The standard InChI is InChI=1S/C22H22N8O/c1-30(18-10-12-19(31)13-11-18)22-28-20(25-16-6-2-14(23)3-7-16)27-21(29-22)26-17-8-4-15(24)5-9-17/h2-13,31H,23-24H2,1H3,(H2,25,26,27,28,29). The first-order valence-electron chi connectivity index (χ1n) is 9.50. The molecule has 0 aliphatic carbocycles. The minimum absolute atomic E-state index is 0.184. The van der Waals surface area contributed by atoms with Crippen molar-refractivity contribution in [3.8, 4) is 5.75 Å². The van der Waals surface area contributed by atoms with Crippen molar-refractivity contribution in [3.63, 3.8) is 0 Å². The van der Waals surface area contributed by atoms with E-state index >= 15 is 0 Å². The highest BCUT2D eigenvalue weighted by Gasteiger charge is 2.13. The largest absolute Gasteiger partial charge is 0.508 e. The van der Waals surface area contributed by atoms with Crippen LogP contribution in [0.5, 0.6) is 5.75 Å². The van der Waals surface area contributed by atoms with Crippen LogP contribution in [0.3, 0.4) is 0 Å². The van der Waals surface area contributed by atoms with E-state index in [2.05, 4.69) is 25.6 Å². The number of aromatic hydroxyl groups is 1. The summed E-state index contributed by atoms with van der Waals surface area (Å²) >= 11 is 0. The molecule has 7 N–H and O–H groups in total. The molecule has 0 spiro atoms. The fourth-order valence-corrected chi connectivity index (χ4v) is 2.81. The lowest BCUT2D eigenvalue weighted by atomic mass is 10.3. The number of aromatic nitrogens is 3. The van der Waals surface area contributed by atoms with Gasteiger partial charge in [0, 0.05) is 35.5 Å². The lowest BCUT2D eigenvalue weighted by Crippen LogP contribution is -2.16. The summed E-state index contributed by atoms with van der Waals surface area (Å²) in [6.07, 6.45) is 0. The molecule has 0 saturated carbocycles. The summed E-state index contributed by atoms with van der Waals surface area (Å²) < 4.78 is 0. The van der Waals surface area contributed by atoms with Crippen LogP contribution in [0.15, 0.2) is 72.8 Å². The zero-order chi connectivity index (χ0) is 21.8. The average Bonchev–Trinajstić information content (AvgIpc) is 2.77. The van der Waals surface area contributed by atoms with Gasteiger partial charge in [0.05, 0.1) is 0 Å². The van der Waals surface area contributed by atoms with Crippen molar-refractivity contribution < 1.29 is 5.11 Å². The maximum absolute atomic E-state index is 9.57. The molecule has 9 heteroatoms. The second-order valence-corrected chi connectivity index (χ2v) is 6.85. The van der Waals surface area contributed by atoms with E-state index < -0.39 is 0 Å². The molecule has 31 heavy (non-hydrogen) atoms. The van der Waals surface area contributed by atoms with E-state index in [1.165, 1.54) is 0 Å². The van der Waals surface area contributed by atoms with Crippen LogP contribution in [0.25, 0.3) is 0 Å². The van der Waals surface area contributed by atoms with Crippen LogP contribution in [-0.2, 0) is 0 Å². The number of nitrogens with one attached hydrogen (secondary N) is 2. The number of phenols is 1. The van der Waals surface area contributed by atoms with Gasteiger partial charge < -0.3 is 32.1 Å². The molecular formula is C22H22N8O. The van der Waals surface area contributed by atoms with E-state index in [-0.39, 0.29) is 5.75 Å². The summed E-state index contributed by atoms with van der Waals surface area (Å²) in [6, 6.07) is 21.3. The molecule has 9 nitrogen and oxygen atoms in total. The summed E-state index contributed by atoms with van der Waals surface area (Å²) in [6.45, 7) is 0. The Kier molecular flexibility index (Phi) is 5.39. The smallest absolute Gasteiger partial charge is 0.236 e. The Labute approximate surface area is 179 Å². The zero-order valence-corrected chi connectivity index (χ0v) is 16.8. The lowest BCUT2D eigenvalue weighted by Gasteiger charge is -2.19. The fraction of sp³-hybridized carbons (Fsp3) is 0.0455. The summed E-state index contributed by atoms with van der Waals surface area (Å²) in [5, 5.41) is 15.9. The van der Waals surface area contributed by atoms with Crippen molar-refractivity contribution in [2.45, 2.75) is 0 Å². The molecule has 156 valence electrons. The van der Waals surface area contributed by atoms with Gasteiger partial charge in [0.1, 0.15) is 5.75 Å². The van der Waals surface area contributed by atoms with Gasteiger partial charge in [-0.15, -0.1) is 0 Å². The van der Waals surface area contributed by atoms with E-state index in [9.17, 15) is 5.11 Å². The van der Waals surface area contributed by atoms with Gasteiger partial charge >= 0.3 is 0 Å². The van der Waals surface area contributed by atoms with Crippen molar-refractivity contribution in [2.75, 3.05) is 34.0 Å². The third-order valence-corrected chi connectivity index (χ3v) is 4.49. The SMILES string of the molecule is CN(c1ccc(O)cc1)c1nc(Nc2ccc(N)cc2)nc(Nc2ccc(N)cc2)n1. The van der Waals surface area contributed by atoms with Crippen LogP contribution in [0.1, 0.15) is 0 Å². The van der Waals surface area contributed by atoms with Gasteiger partial charge in [0.2, 0.25) is 17.8 Å². The fourth-order valence-electron chi connectivity index (χ4n) is 2.81. The normalized spacial score (nSPS) is 10.5. The Balaban J connectivity index is 1.69. The molecule has 4 rings (SSSR count). The number of rotatable bonds is 6. The van der Waals surface area contributed by atoms with Crippen LogP contribution < -0.4 is 27.0 Å². The summed E-state index contributed by atoms with van der Waals surface area (Å²) in [4.78, 5) is 15.4. The highest BCUT2D eigenvalue weighted by atomic mass is 16.3. The number of nitrogens with zero attached hydrogens (tertiary/aromatic N) is 4. The Morgan fingerprint density at radius 1 is 0.677 bits per heavy atom. The van der Waals surface area contributed by atoms with Gasteiger partial charge in [0.25, 0.3) is 0 Å². The highest BCUT2D eigenvalue weighted by Crippen LogP contribution is 2.26. The van der Waals surface area contributed by atoms with Gasteiger partial charge in [-0.1, -0.05) is 0 Å². The first-order chi connectivity index (χ1) is 15.0. The molecule has 0 aliphatic rings. The van der Waals surface area contributed by atoms with Crippen LogP contribution in [0.2, 0.25) is 0 Å². The third-order valence-electron chi connectivity index (χ3n) is 4.49. The molecule has 1 heterocycles. The molecule has 3 aromatic carbocycles. The maximum Gasteiger partial charge on any atom is 0.236 e. The second kappa shape index (κ2) is 8.46. The average molecular weight is 414 g/mol. The summed E-state index contributed by atoms with van der Waals surface area (Å²) in [5.74, 6) is 1.32. The maximum atomic E-state index is 9.57. The van der Waals surface area contributed by atoms with Crippen LogP contribution in [0, 0.1) is 0 Å². The quantitative estimate of drug-likeness (QED) is 0.296. The Morgan fingerprint density at radius 3 is 1.58 bits per heavy atom. The number of benzene rings is 3. The predicted molar refractivity (Wildman–Crippen MR) is 124 cm³/mol. The van der Waals surface area contributed by atoms with Crippen LogP contribution >= 0.6 is 0 Å². The van der Waals surface area contributed by atoms with E-state index in [1.807, 2.05) is 31.3 Å². The van der Waals surface area contributed by atoms with Crippen molar-refractivity contribution in [1.82, 2.24) is 15.0 Å². The molecular weight excluding hydrogens is 392 g/mol. The lowest BCUT2D eigenvalue weighted by molar-refractivity contribution is 0.475. The van der Waals surface area contributed by atoms with E-state index in [1.54, 1.807) is 53.4 Å². The molecule has 1 aromatic heterocycles. The number of nitrogen functional groups attached to an aromatic ring is 2. The molecule has 0 amide bonds. The van der Waals surface area contributed by atoms with Crippen LogP contribution in [0.4, 0.5) is 46.3 Å². The van der Waals surface area contributed by atoms with Crippen molar-refractivity contribution in [1.29, 1.82) is 0 Å². The predicted octanol–water partition coefficient (Wildman–Crippen LogP) is 4.00. The Hall–Kier alpha value is -4.53. The van der Waals surface area contributed by atoms with Crippen LogP contribution in [-0.4, -0.2) is 27.1 Å². The minimum Gasteiger partial charge on any atom is -0.508 e. The Morgan fingerprint density at radius 2 is 1.13 bits per heavy atom. The molecule has 0 radical (unpaired) electrons. The second-order valence-electron chi connectivity index (χ2n) is 6.85. The number of hydrogen-bond donors (Lipinski definition) is 5. The van der Waals surface area contributed by atoms with Gasteiger partial charge in [-0.3, -0.25) is 0 Å². The number of phenolic OH excluding ortho intramolecular Hbond substituents is 1. The van der Waals surface area contributed by atoms with Crippen molar-refractivity contribution in [3.05, 3.63) is 72.8 Å². The number of hydrogen-bond acceptors (Lipinski definition) is 9. The molecule has 0 aliphatic heterocycles. The number of anilines is 8. The molecule has 0 saturated heterocycles.